The van der Waals surface area contributed by atoms with E-state index in [1.54, 1.807) is 18.5 Å². The van der Waals surface area contributed by atoms with E-state index >= 15 is 0 Å². The SMILES string of the molecule is CCOC(=O)c1c(Nc2cc(C)c3c(C)nn(-c4ccccc4)c3n2)oc(C)c1C(C)=O. The van der Waals surface area contributed by atoms with Gasteiger partial charge in [0.2, 0.25) is 5.88 Å². The molecule has 4 aromatic rings. The zero-order valence-corrected chi connectivity index (χ0v) is 18.6. The lowest BCUT2D eigenvalue weighted by molar-refractivity contribution is 0.0524. The first-order valence-electron chi connectivity index (χ1n) is 10.3. The number of hydrogen-bond acceptors (Lipinski definition) is 7. The average Bonchev–Trinajstić information content (AvgIpc) is 3.25. The largest absolute Gasteiger partial charge is 0.462 e. The second-order valence-electron chi connectivity index (χ2n) is 7.49. The molecule has 1 aromatic carbocycles. The highest BCUT2D eigenvalue weighted by atomic mass is 16.5. The normalized spacial score (nSPS) is 11.0. The zero-order valence-electron chi connectivity index (χ0n) is 18.6. The molecule has 0 bridgehead atoms. The van der Waals surface area contributed by atoms with Crippen LogP contribution in [0.15, 0.2) is 40.8 Å². The molecule has 4 rings (SSSR count). The monoisotopic (exact) mass is 432 g/mol. The number of aromatic nitrogens is 3. The number of pyridine rings is 1. The Kier molecular flexibility index (Phi) is 5.52. The van der Waals surface area contributed by atoms with Crippen LogP contribution in [0.3, 0.4) is 0 Å². The highest BCUT2D eigenvalue weighted by Gasteiger charge is 2.28. The number of nitrogens with zero attached hydrogens (tertiary/aromatic N) is 3. The van der Waals surface area contributed by atoms with Crippen LogP contribution in [0, 0.1) is 20.8 Å². The van der Waals surface area contributed by atoms with Crippen molar-refractivity contribution in [3.63, 3.8) is 0 Å². The van der Waals surface area contributed by atoms with E-state index in [0.29, 0.717) is 17.2 Å². The summed E-state index contributed by atoms with van der Waals surface area (Å²) in [4.78, 5) is 29.5. The average molecular weight is 432 g/mol. The van der Waals surface area contributed by atoms with Crippen LogP contribution in [0.5, 0.6) is 0 Å². The van der Waals surface area contributed by atoms with E-state index in [4.69, 9.17) is 14.1 Å². The third-order valence-electron chi connectivity index (χ3n) is 5.17. The molecule has 0 spiro atoms. The minimum absolute atomic E-state index is 0.0733. The van der Waals surface area contributed by atoms with Crippen LogP contribution < -0.4 is 5.32 Å². The molecule has 0 saturated heterocycles. The Hall–Kier alpha value is -3.94. The van der Waals surface area contributed by atoms with Gasteiger partial charge in [-0.05, 0) is 58.4 Å². The van der Waals surface area contributed by atoms with Gasteiger partial charge in [0.15, 0.2) is 11.4 Å². The number of hydrogen-bond donors (Lipinski definition) is 1. The molecule has 0 radical (unpaired) electrons. The number of furan rings is 1. The number of carbonyl (C=O) groups is 2. The number of Topliss-reactive ketones (excluding diaryl/α,β-unsaturated/α-hetero) is 1. The Morgan fingerprint density at radius 1 is 1.12 bits per heavy atom. The summed E-state index contributed by atoms with van der Waals surface area (Å²) < 4.78 is 12.7. The fraction of sp³-hybridized carbons (Fsp3) is 0.250. The summed E-state index contributed by atoms with van der Waals surface area (Å²) >= 11 is 0. The minimum Gasteiger partial charge on any atom is -0.462 e. The summed E-state index contributed by atoms with van der Waals surface area (Å²) in [6.45, 7) is 8.83. The van der Waals surface area contributed by atoms with E-state index in [-0.39, 0.29) is 29.4 Å². The molecular formula is C24H24N4O4. The molecule has 3 aromatic heterocycles. The number of esters is 1. The first kappa shape index (κ1) is 21.3. The molecule has 1 N–H and O–H groups in total. The molecular weight excluding hydrogens is 408 g/mol. The zero-order chi connectivity index (χ0) is 23.0. The van der Waals surface area contributed by atoms with Gasteiger partial charge in [-0.15, -0.1) is 0 Å². The van der Waals surface area contributed by atoms with Crippen molar-refractivity contribution in [2.75, 3.05) is 11.9 Å². The lowest BCUT2D eigenvalue weighted by atomic mass is 10.1. The summed E-state index contributed by atoms with van der Waals surface area (Å²) in [6, 6.07) is 11.6. The maximum Gasteiger partial charge on any atom is 0.344 e. The molecule has 8 nitrogen and oxygen atoms in total. The minimum atomic E-state index is -0.625. The van der Waals surface area contributed by atoms with Crippen molar-refractivity contribution in [2.24, 2.45) is 0 Å². The fourth-order valence-electron chi connectivity index (χ4n) is 3.89. The first-order valence-corrected chi connectivity index (χ1v) is 10.3. The predicted octanol–water partition coefficient (Wildman–Crippen LogP) is 5.06. The molecule has 0 unspecified atom stereocenters. The number of aryl methyl sites for hydroxylation is 3. The van der Waals surface area contributed by atoms with Gasteiger partial charge in [0.05, 0.1) is 23.6 Å². The third-order valence-corrected chi connectivity index (χ3v) is 5.17. The van der Waals surface area contributed by atoms with E-state index < -0.39 is 5.97 Å². The van der Waals surface area contributed by atoms with Crippen molar-refractivity contribution in [3.8, 4) is 5.69 Å². The summed E-state index contributed by atoms with van der Waals surface area (Å²) in [5, 5.41) is 8.69. The fourth-order valence-corrected chi connectivity index (χ4v) is 3.89. The van der Waals surface area contributed by atoms with Crippen molar-refractivity contribution >= 4 is 34.5 Å². The van der Waals surface area contributed by atoms with Gasteiger partial charge in [0.1, 0.15) is 17.1 Å². The van der Waals surface area contributed by atoms with E-state index in [2.05, 4.69) is 10.4 Å². The lowest BCUT2D eigenvalue weighted by Gasteiger charge is -2.09. The third kappa shape index (κ3) is 3.64. The Bertz CT molecular complexity index is 1340. The highest BCUT2D eigenvalue weighted by molar-refractivity contribution is 6.09. The van der Waals surface area contributed by atoms with Gasteiger partial charge in [-0.2, -0.15) is 5.10 Å². The highest BCUT2D eigenvalue weighted by Crippen LogP contribution is 2.32. The smallest absolute Gasteiger partial charge is 0.344 e. The molecule has 0 aliphatic rings. The Morgan fingerprint density at radius 2 is 1.84 bits per heavy atom. The number of anilines is 2. The van der Waals surface area contributed by atoms with Crippen LogP contribution in [0.2, 0.25) is 0 Å². The number of nitrogens with one attached hydrogen (secondary N) is 1. The molecule has 0 aliphatic heterocycles. The molecule has 0 aliphatic carbocycles. The van der Waals surface area contributed by atoms with Gasteiger partial charge in [-0.25, -0.2) is 14.5 Å². The molecule has 0 saturated carbocycles. The maximum absolute atomic E-state index is 12.6. The number of carbonyl (C=O) groups excluding carboxylic acids is 2. The second-order valence-corrected chi connectivity index (χ2v) is 7.49. The van der Waals surface area contributed by atoms with Gasteiger partial charge in [-0.3, -0.25) is 4.79 Å². The maximum atomic E-state index is 12.6. The molecule has 164 valence electrons. The quantitative estimate of drug-likeness (QED) is 0.336. The Labute approximate surface area is 185 Å². The van der Waals surface area contributed by atoms with E-state index in [0.717, 1.165) is 22.3 Å². The number of para-hydroxylation sites is 1. The van der Waals surface area contributed by atoms with Crippen molar-refractivity contribution in [1.82, 2.24) is 14.8 Å². The van der Waals surface area contributed by atoms with Crippen LogP contribution in [0.4, 0.5) is 11.7 Å². The van der Waals surface area contributed by atoms with E-state index in [9.17, 15) is 9.59 Å². The Balaban J connectivity index is 1.85. The second kappa shape index (κ2) is 8.30. The number of ether oxygens (including phenoxy) is 1. The standard InChI is InChI=1S/C24H24N4O4/c1-6-31-24(30)21-20(15(4)29)16(5)32-23(21)26-18-12-13(2)19-14(3)27-28(22(19)25-18)17-10-8-7-9-11-17/h7-12H,6H2,1-5H3,(H,25,26). The van der Waals surface area contributed by atoms with Crippen molar-refractivity contribution < 1.29 is 18.7 Å². The van der Waals surface area contributed by atoms with Crippen molar-refractivity contribution in [3.05, 3.63) is 64.5 Å². The van der Waals surface area contributed by atoms with Crippen LogP contribution in [-0.4, -0.2) is 33.1 Å². The molecule has 8 heteroatoms. The van der Waals surface area contributed by atoms with Gasteiger partial charge in [0.25, 0.3) is 0 Å². The molecule has 0 amide bonds. The summed E-state index contributed by atoms with van der Waals surface area (Å²) in [7, 11) is 0. The molecule has 32 heavy (non-hydrogen) atoms. The van der Waals surface area contributed by atoms with Gasteiger partial charge >= 0.3 is 5.97 Å². The number of benzene rings is 1. The topological polar surface area (TPSA) is 99.2 Å². The molecule has 0 fully saturated rings. The van der Waals surface area contributed by atoms with Crippen LogP contribution in [0.25, 0.3) is 16.7 Å². The van der Waals surface area contributed by atoms with Crippen LogP contribution in [0.1, 0.15) is 51.6 Å². The van der Waals surface area contributed by atoms with Gasteiger partial charge < -0.3 is 14.5 Å². The van der Waals surface area contributed by atoms with Gasteiger partial charge in [0, 0.05) is 5.39 Å². The van der Waals surface area contributed by atoms with E-state index in [1.807, 2.05) is 50.2 Å². The van der Waals surface area contributed by atoms with Crippen molar-refractivity contribution in [2.45, 2.75) is 34.6 Å². The van der Waals surface area contributed by atoms with Crippen LogP contribution >= 0.6 is 0 Å². The van der Waals surface area contributed by atoms with Crippen molar-refractivity contribution in [1.29, 1.82) is 0 Å². The predicted molar refractivity (Wildman–Crippen MR) is 121 cm³/mol. The Morgan fingerprint density at radius 3 is 2.50 bits per heavy atom. The van der Waals surface area contributed by atoms with Gasteiger partial charge in [-0.1, -0.05) is 18.2 Å². The number of ketones is 1. The van der Waals surface area contributed by atoms with E-state index in [1.165, 1.54) is 6.92 Å². The summed E-state index contributed by atoms with van der Waals surface area (Å²) in [5.74, 6) is 0.0205. The molecule has 3 heterocycles. The molecule has 0 atom stereocenters. The van der Waals surface area contributed by atoms with Crippen LogP contribution in [-0.2, 0) is 4.74 Å². The summed E-state index contributed by atoms with van der Waals surface area (Å²) in [6.07, 6.45) is 0. The lowest BCUT2D eigenvalue weighted by Crippen LogP contribution is -2.11. The number of fused-ring (bicyclic) bond motifs is 1. The number of rotatable bonds is 6. The first-order chi connectivity index (χ1) is 15.3. The summed E-state index contributed by atoms with van der Waals surface area (Å²) in [5.41, 5.74) is 3.65.